The summed E-state index contributed by atoms with van der Waals surface area (Å²) in [7, 11) is 0. The van der Waals surface area contributed by atoms with Crippen LogP contribution in [-0.2, 0) is 0 Å². The van der Waals surface area contributed by atoms with Gasteiger partial charge in [-0.25, -0.2) is 9.97 Å². The molecule has 2 aromatic heterocycles. The predicted octanol–water partition coefficient (Wildman–Crippen LogP) is 3.73. The Morgan fingerprint density at radius 1 is 1.15 bits per heavy atom. The summed E-state index contributed by atoms with van der Waals surface area (Å²) in [4.78, 5) is 28.6. The number of nitrogens with zero attached hydrogens (tertiary/aromatic N) is 5. The van der Waals surface area contributed by atoms with Crippen molar-refractivity contribution in [2.45, 2.75) is 52.5 Å². The maximum atomic E-state index is 13.2. The van der Waals surface area contributed by atoms with Crippen molar-refractivity contribution in [3.05, 3.63) is 46.9 Å². The molecule has 0 N–H and O–H groups in total. The lowest BCUT2D eigenvalue weighted by Crippen LogP contribution is -2.30. The Labute approximate surface area is 157 Å². The highest BCUT2D eigenvalue weighted by Crippen LogP contribution is 2.33. The number of rotatable bonds is 3. The second kappa shape index (κ2) is 6.72. The van der Waals surface area contributed by atoms with Crippen LogP contribution in [0.4, 0.5) is 0 Å². The quantitative estimate of drug-likeness (QED) is 0.703. The van der Waals surface area contributed by atoms with E-state index in [1.54, 1.807) is 0 Å². The summed E-state index contributed by atoms with van der Waals surface area (Å²) in [6.45, 7) is 8.58. The molecule has 0 aliphatic carbocycles. The van der Waals surface area contributed by atoms with Crippen LogP contribution in [0.5, 0.6) is 0 Å². The number of aromatic nitrogens is 4. The molecule has 0 radical (unpaired) electrons. The zero-order valence-corrected chi connectivity index (χ0v) is 16.1. The van der Waals surface area contributed by atoms with Gasteiger partial charge in [-0.05, 0) is 44.9 Å². The van der Waals surface area contributed by atoms with E-state index >= 15 is 0 Å². The molecule has 0 spiro atoms. The first-order valence-electron chi connectivity index (χ1n) is 9.33. The van der Waals surface area contributed by atoms with Crippen LogP contribution in [0.25, 0.3) is 11.0 Å². The van der Waals surface area contributed by atoms with Crippen molar-refractivity contribution in [1.82, 2.24) is 25.0 Å². The molecule has 1 saturated heterocycles. The Hall–Kier alpha value is -2.83. The Morgan fingerprint density at radius 3 is 2.59 bits per heavy atom. The third kappa shape index (κ3) is 3.18. The average Bonchev–Trinajstić information content (AvgIpc) is 3.30. The first-order valence-corrected chi connectivity index (χ1v) is 9.33. The lowest BCUT2D eigenvalue weighted by molar-refractivity contribution is 0.0710. The van der Waals surface area contributed by atoms with Gasteiger partial charge in [0.25, 0.3) is 5.91 Å². The maximum Gasteiger partial charge on any atom is 0.254 e. The molecule has 4 rings (SSSR count). The highest BCUT2D eigenvalue weighted by atomic mass is 16.5. The molecule has 0 saturated carbocycles. The van der Waals surface area contributed by atoms with Gasteiger partial charge >= 0.3 is 0 Å². The van der Waals surface area contributed by atoms with Crippen molar-refractivity contribution in [3.8, 4) is 0 Å². The summed E-state index contributed by atoms with van der Waals surface area (Å²) < 4.78 is 5.45. The van der Waals surface area contributed by atoms with E-state index in [0.29, 0.717) is 23.8 Å². The van der Waals surface area contributed by atoms with Crippen LogP contribution in [0, 0.1) is 13.8 Å². The van der Waals surface area contributed by atoms with Gasteiger partial charge in [-0.3, -0.25) is 4.79 Å². The van der Waals surface area contributed by atoms with E-state index in [1.807, 2.05) is 50.8 Å². The number of hydrogen-bond acceptors (Lipinski definition) is 6. The fourth-order valence-corrected chi connectivity index (χ4v) is 3.41. The molecule has 27 heavy (non-hydrogen) atoms. The molecular formula is C20H23N5O2. The third-order valence-corrected chi connectivity index (χ3v) is 5.09. The Bertz CT molecular complexity index is 1010. The Kier molecular flexibility index (Phi) is 4.37. The van der Waals surface area contributed by atoms with Crippen LogP contribution >= 0.6 is 0 Å². The largest absolute Gasteiger partial charge is 0.337 e. The molecule has 1 aromatic carbocycles. The van der Waals surface area contributed by atoms with Crippen molar-refractivity contribution in [2.75, 3.05) is 6.54 Å². The zero-order chi connectivity index (χ0) is 19.1. The Balaban J connectivity index is 1.64. The van der Waals surface area contributed by atoms with E-state index in [2.05, 4.69) is 20.1 Å². The normalized spacial score (nSPS) is 17.2. The van der Waals surface area contributed by atoms with Crippen LogP contribution in [-0.4, -0.2) is 37.5 Å². The first-order chi connectivity index (χ1) is 12.9. The van der Waals surface area contributed by atoms with E-state index in [1.165, 1.54) is 0 Å². The highest BCUT2D eigenvalue weighted by molar-refractivity contribution is 5.97. The second-order valence-electron chi connectivity index (χ2n) is 7.40. The summed E-state index contributed by atoms with van der Waals surface area (Å²) in [5.41, 5.74) is 3.91. The smallest absolute Gasteiger partial charge is 0.254 e. The summed E-state index contributed by atoms with van der Waals surface area (Å²) >= 11 is 0. The van der Waals surface area contributed by atoms with E-state index in [4.69, 9.17) is 4.52 Å². The van der Waals surface area contributed by atoms with E-state index in [9.17, 15) is 4.79 Å². The zero-order valence-electron chi connectivity index (χ0n) is 16.1. The molecule has 1 unspecified atom stereocenters. The lowest BCUT2D eigenvalue weighted by Gasteiger charge is -2.22. The number of amides is 1. The number of hydrogen-bond donors (Lipinski definition) is 0. The molecular weight excluding hydrogens is 342 g/mol. The van der Waals surface area contributed by atoms with Crippen molar-refractivity contribution in [3.63, 3.8) is 0 Å². The van der Waals surface area contributed by atoms with Crippen molar-refractivity contribution < 1.29 is 9.32 Å². The van der Waals surface area contributed by atoms with Gasteiger partial charge in [0.2, 0.25) is 5.89 Å². The topological polar surface area (TPSA) is 85.0 Å². The van der Waals surface area contributed by atoms with Gasteiger partial charge in [-0.2, -0.15) is 4.98 Å². The molecule has 1 amide bonds. The molecule has 140 valence electrons. The first kappa shape index (κ1) is 17.6. The summed E-state index contributed by atoms with van der Waals surface area (Å²) in [5, 5.41) is 4.04. The minimum atomic E-state index is -0.168. The maximum absolute atomic E-state index is 13.2. The standard InChI is InChI=1S/C20H23N5O2/c1-11(2)18-23-19(27-24-18)17-6-5-9-25(17)20(26)14-7-8-15-16(10-14)22-13(4)12(3)21-15/h7-8,10-11,17H,5-6,9H2,1-4H3. The molecule has 3 heterocycles. The molecule has 7 heteroatoms. The second-order valence-corrected chi connectivity index (χ2v) is 7.40. The molecule has 7 nitrogen and oxygen atoms in total. The third-order valence-electron chi connectivity index (χ3n) is 5.09. The molecule has 3 aromatic rings. The van der Waals surface area contributed by atoms with E-state index in [0.717, 1.165) is 35.3 Å². The number of aryl methyl sites for hydroxylation is 2. The number of carbonyl (C=O) groups excluding carboxylic acids is 1. The monoisotopic (exact) mass is 365 g/mol. The van der Waals surface area contributed by atoms with Crippen molar-refractivity contribution >= 4 is 16.9 Å². The van der Waals surface area contributed by atoms with E-state index in [-0.39, 0.29) is 17.9 Å². The summed E-state index contributed by atoms with van der Waals surface area (Å²) in [6.07, 6.45) is 1.75. The van der Waals surface area contributed by atoms with Crippen LogP contribution in [0.2, 0.25) is 0 Å². The summed E-state index contributed by atoms with van der Waals surface area (Å²) in [5.74, 6) is 1.36. The van der Waals surface area contributed by atoms with Gasteiger partial charge in [0.05, 0.1) is 22.4 Å². The molecule has 1 fully saturated rings. The molecule has 0 bridgehead atoms. The predicted molar refractivity (Wildman–Crippen MR) is 100 cm³/mol. The van der Waals surface area contributed by atoms with Crippen LogP contribution in [0.3, 0.4) is 0 Å². The molecule has 1 atom stereocenters. The van der Waals surface area contributed by atoms with Crippen LogP contribution < -0.4 is 0 Å². The number of likely N-dealkylation sites (tertiary alicyclic amines) is 1. The summed E-state index contributed by atoms with van der Waals surface area (Å²) in [6, 6.07) is 5.33. The molecule has 1 aliphatic rings. The van der Waals surface area contributed by atoms with Gasteiger partial charge in [0, 0.05) is 18.0 Å². The molecule has 1 aliphatic heterocycles. The fourth-order valence-electron chi connectivity index (χ4n) is 3.41. The van der Waals surface area contributed by atoms with Crippen LogP contribution in [0.15, 0.2) is 22.7 Å². The van der Waals surface area contributed by atoms with E-state index < -0.39 is 0 Å². The lowest BCUT2D eigenvalue weighted by atomic mass is 10.1. The van der Waals surface area contributed by atoms with Crippen molar-refractivity contribution in [1.29, 1.82) is 0 Å². The van der Waals surface area contributed by atoms with Gasteiger partial charge in [0.15, 0.2) is 5.82 Å². The fraction of sp³-hybridized carbons (Fsp3) is 0.450. The number of fused-ring (bicyclic) bond motifs is 1. The number of carbonyl (C=O) groups is 1. The van der Waals surface area contributed by atoms with Gasteiger partial charge in [-0.15, -0.1) is 0 Å². The minimum absolute atomic E-state index is 0.0382. The van der Waals surface area contributed by atoms with Gasteiger partial charge in [-0.1, -0.05) is 19.0 Å². The van der Waals surface area contributed by atoms with Crippen molar-refractivity contribution in [2.24, 2.45) is 0 Å². The van der Waals surface area contributed by atoms with Crippen LogP contribution in [0.1, 0.15) is 72.1 Å². The Morgan fingerprint density at radius 2 is 1.89 bits per heavy atom. The SMILES string of the molecule is Cc1nc2ccc(C(=O)N3CCCC3c3nc(C(C)C)no3)cc2nc1C. The highest BCUT2D eigenvalue weighted by Gasteiger charge is 2.34. The minimum Gasteiger partial charge on any atom is -0.337 e. The van der Waals surface area contributed by atoms with Gasteiger partial charge in [0.1, 0.15) is 6.04 Å². The average molecular weight is 365 g/mol. The number of benzene rings is 1. The van der Waals surface area contributed by atoms with Gasteiger partial charge < -0.3 is 9.42 Å².